The molecule has 0 bridgehead atoms. The van der Waals surface area contributed by atoms with E-state index in [0.29, 0.717) is 11.4 Å². The Morgan fingerprint density at radius 1 is 1.31 bits per heavy atom. The van der Waals surface area contributed by atoms with Crippen molar-refractivity contribution in [2.24, 2.45) is 7.05 Å². The highest BCUT2D eigenvalue weighted by Gasteiger charge is 2.16. The Kier molecular flexibility index (Phi) is 1.73. The van der Waals surface area contributed by atoms with E-state index < -0.39 is 0 Å². The lowest BCUT2D eigenvalue weighted by atomic mass is 10.1. The number of anilines is 1. The fraction of sp³-hybridized carbons (Fsp3) is 0.0909. The summed E-state index contributed by atoms with van der Waals surface area (Å²) in [7, 11) is 1.86. The molecule has 1 aromatic carbocycles. The molecule has 80 valence electrons. The summed E-state index contributed by atoms with van der Waals surface area (Å²) in [5.74, 6) is 0.566. The maximum absolute atomic E-state index is 5.79. The minimum absolute atomic E-state index is 0.522. The van der Waals surface area contributed by atoms with E-state index >= 15 is 0 Å². The summed E-state index contributed by atoms with van der Waals surface area (Å²) in [6.07, 6.45) is 1.50. The van der Waals surface area contributed by atoms with E-state index in [1.165, 1.54) is 6.20 Å². The van der Waals surface area contributed by atoms with Crippen LogP contribution in [0.15, 0.2) is 35.0 Å². The van der Waals surface area contributed by atoms with Gasteiger partial charge in [-0.1, -0.05) is 23.4 Å². The predicted octanol–water partition coefficient (Wildman–Crippen LogP) is 1.81. The molecule has 0 aliphatic carbocycles. The normalized spacial score (nSPS) is 11.1. The van der Waals surface area contributed by atoms with Gasteiger partial charge in [-0.2, -0.15) is 5.10 Å². The van der Waals surface area contributed by atoms with Crippen molar-refractivity contribution in [1.29, 1.82) is 0 Å². The van der Waals surface area contributed by atoms with Crippen LogP contribution in [0.3, 0.4) is 0 Å². The maximum Gasteiger partial charge on any atom is 0.208 e. The van der Waals surface area contributed by atoms with Crippen molar-refractivity contribution in [1.82, 2.24) is 14.9 Å². The summed E-state index contributed by atoms with van der Waals surface area (Å²) in [5.41, 5.74) is 8.08. The van der Waals surface area contributed by atoms with Crippen LogP contribution >= 0.6 is 0 Å². The zero-order valence-electron chi connectivity index (χ0n) is 8.71. The van der Waals surface area contributed by atoms with Crippen LogP contribution in [0.2, 0.25) is 0 Å². The Balaban J connectivity index is 2.39. The summed E-state index contributed by atoms with van der Waals surface area (Å²) in [6.45, 7) is 0. The van der Waals surface area contributed by atoms with Gasteiger partial charge in [-0.25, -0.2) is 0 Å². The minimum Gasteiger partial charge on any atom is -0.394 e. The highest BCUT2D eigenvalue weighted by molar-refractivity contribution is 5.94. The third-order valence-electron chi connectivity index (χ3n) is 2.55. The van der Waals surface area contributed by atoms with E-state index in [1.807, 2.05) is 31.3 Å². The Bertz CT molecular complexity index is 653. The first kappa shape index (κ1) is 8.96. The van der Waals surface area contributed by atoms with E-state index in [1.54, 1.807) is 4.68 Å². The molecular formula is C11H10N4O. The molecule has 5 heteroatoms. The number of fused-ring (bicyclic) bond motifs is 1. The number of nitrogen functional groups attached to an aromatic ring is 1. The van der Waals surface area contributed by atoms with Crippen LogP contribution in [0.5, 0.6) is 0 Å². The van der Waals surface area contributed by atoms with E-state index in [9.17, 15) is 0 Å². The van der Waals surface area contributed by atoms with Crippen molar-refractivity contribution in [2.45, 2.75) is 0 Å². The maximum atomic E-state index is 5.79. The lowest BCUT2D eigenvalue weighted by molar-refractivity contribution is 0.429. The van der Waals surface area contributed by atoms with Crippen molar-refractivity contribution in [2.75, 3.05) is 5.73 Å². The largest absolute Gasteiger partial charge is 0.394 e. The predicted molar refractivity (Wildman–Crippen MR) is 60.6 cm³/mol. The van der Waals surface area contributed by atoms with E-state index in [0.717, 1.165) is 16.6 Å². The van der Waals surface area contributed by atoms with Crippen LogP contribution in [0.1, 0.15) is 0 Å². The van der Waals surface area contributed by atoms with Gasteiger partial charge in [-0.3, -0.25) is 4.68 Å². The van der Waals surface area contributed by atoms with Crippen molar-refractivity contribution in [3.8, 4) is 11.5 Å². The molecule has 3 rings (SSSR count). The standard InChI is InChI=1S/C11H10N4O/c1-15-10(11-8(12)6-13-16-11)7-4-2-3-5-9(7)14-15/h2-6H,12H2,1H3. The summed E-state index contributed by atoms with van der Waals surface area (Å²) in [4.78, 5) is 0. The molecule has 5 nitrogen and oxygen atoms in total. The number of nitrogens with zero attached hydrogens (tertiary/aromatic N) is 3. The number of hydrogen-bond donors (Lipinski definition) is 1. The lowest BCUT2D eigenvalue weighted by Crippen LogP contribution is -1.94. The molecule has 16 heavy (non-hydrogen) atoms. The first-order valence-electron chi connectivity index (χ1n) is 4.89. The molecule has 2 N–H and O–H groups in total. The van der Waals surface area contributed by atoms with E-state index in [2.05, 4.69) is 10.3 Å². The Labute approximate surface area is 91.4 Å². The van der Waals surface area contributed by atoms with Crippen molar-refractivity contribution < 1.29 is 4.52 Å². The molecular weight excluding hydrogens is 204 g/mol. The summed E-state index contributed by atoms with van der Waals surface area (Å²) >= 11 is 0. The average Bonchev–Trinajstić information content (AvgIpc) is 2.81. The van der Waals surface area contributed by atoms with Crippen LogP contribution < -0.4 is 5.73 Å². The zero-order valence-corrected chi connectivity index (χ0v) is 8.71. The third-order valence-corrected chi connectivity index (χ3v) is 2.55. The fourth-order valence-corrected chi connectivity index (χ4v) is 1.84. The molecule has 2 heterocycles. The quantitative estimate of drug-likeness (QED) is 0.670. The Morgan fingerprint density at radius 3 is 2.88 bits per heavy atom. The molecule has 0 unspecified atom stereocenters. The molecule has 0 amide bonds. The second-order valence-electron chi connectivity index (χ2n) is 3.60. The van der Waals surface area contributed by atoms with Gasteiger partial charge in [0.2, 0.25) is 5.76 Å². The van der Waals surface area contributed by atoms with Crippen LogP contribution in [0, 0.1) is 0 Å². The monoisotopic (exact) mass is 214 g/mol. The molecule has 0 aliphatic heterocycles. The average molecular weight is 214 g/mol. The van der Waals surface area contributed by atoms with E-state index in [-0.39, 0.29) is 0 Å². The Morgan fingerprint density at radius 2 is 2.12 bits per heavy atom. The van der Waals surface area contributed by atoms with Gasteiger partial charge in [0.1, 0.15) is 11.4 Å². The van der Waals surface area contributed by atoms with Crippen LogP contribution in [0.25, 0.3) is 22.4 Å². The number of rotatable bonds is 1. The van der Waals surface area contributed by atoms with Gasteiger partial charge < -0.3 is 10.3 Å². The van der Waals surface area contributed by atoms with Gasteiger partial charge in [0, 0.05) is 12.4 Å². The summed E-state index contributed by atoms with van der Waals surface area (Å²) in [6, 6.07) is 7.84. The van der Waals surface area contributed by atoms with E-state index in [4.69, 9.17) is 10.3 Å². The van der Waals surface area contributed by atoms with Crippen LogP contribution in [0.4, 0.5) is 5.69 Å². The van der Waals surface area contributed by atoms with Gasteiger partial charge in [-0.05, 0) is 6.07 Å². The molecule has 0 saturated carbocycles. The smallest absolute Gasteiger partial charge is 0.208 e. The van der Waals surface area contributed by atoms with Crippen LogP contribution in [-0.2, 0) is 7.05 Å². The third kappa shape index (κ3) is 1.11. The molecule has 0 atom stereocenters. The number of benzene rings is 1. The van der Waals surface area contributed by atoms with Gasteiger partial charge in [0.05, 0.1) is 11.7 Å². The minimum atomic E-state index is 0.522. The van der Waals surface area contributed by atoms with Crippen molar-refractivity contribution in [3.05, 3.63) is 30.5 Å². The lowest BCUT2D eigenvalue weighted by Gasteiger charge is -1.98. The molecule has 2 aromatic heterocycles. The van der Waals surface area contributed by atoms with Gasteiger partial charge in [0.25, 0.3) is 0 Å². The first-order chi connectivity index (χ1) is 7.77. The van der Waals surface area contributed by atoms with Crippen molar-refractivity contribution >= 4 is 16.6 Å². The topological polar surface area (TPSA) is 69.9 Å². The van der Waals surface area contributed by atoms with Gasteiger partial charge in [-0.15, -0.1) is 0 Å². The second-order valence-corrected chi connectivity index (χ2v) is 3.60. The second kappa shape index (κ2) is 3.10. The van der Waals surface area contributed by atoms with Gasteiger partial charge >= 0.3 is 0 Å². The number of aryl methyl sites for hydroxylation is 1. The molecule has 0 saturated heterocycles. The zero-order chi connectivity index (χ0) is 11.1. The highest BCUT2D eigenvalue weighted by atomic mass is 16.5. The van der Waals surface area contributed by atoms with Crippen molar-refractivity contribution in [3.63, 3.8) is 0 Å². The molecule has 0 spiro atoms. The molecule has 0 radical (unpaired) electrons. The highest BCUT2D eigenvalue weighted by Crippen LogP contribution is 2.31. The molecule has 3 aromatic rings. The SMILES string of the molecule is Cn1nc2ccccc2c1-c1oncc1N. The molecule has 0 aliphatic rings. The summed E-state index contributed by atoms with van der Waals surface area (Å²) < 4.78 is 6.91. The first-order valence-corrected chi connectivity index (χ1v) is 4.89. The van der Waals surface area contributed by atoms with Gasteiger partial charge in [0.15, 0.2) is 0 Å². The fourth-order valence-electron chi connectivity index (χ4n) is 1.84. The summed E-state index contributed by atoms with van der Waals surface area (Å²) in [5, 5.41) is 9.08. The number of nitrogens with two attached hydrogens (primary N) is 1. The number of aromatic nitrogens is 3. The van der Waals surface area contributed by atoms with Crippen LogP contribution in [-0.4, -0.2) is 14.9 Å². The Hall–Kier alpha value is -2.30. The number of hydrogen-bond acceptors (Lipinski definition) is 4. The molecule has 0 fully saturated rings.